The number of aliphatic hydroxyl groups is 1. The van der Waals surface area contributed by atoms with E-state index in [2.05, 4.69) is 26.8 Å². The number of aromatic nitrogens is 3. The molecule has 3 aromatic heterocycles. The van der Waals surface area contributed by atoms with Crippen LogP contribution >= 0.6 is 0 Å². The van der Waals surface area contributed by atoms with Gasteiger partial charge in [0.25, 0.3) is 5.91 Å². The lowest BCUT2D eigenvalue weighted by molar-refractivity contribution is -0.00177. The van der Waals surface area contributed by atoms with E-state index in [0.717, 1.165) is 0 Å². The molecule has 0 aromatic carbocycles. The maximum absolute atomic E-state index is 14.3. The van der Waals surface area contributed by atoms with Crippen molar-refractivity contribution >= 4 is 26.9 Å². The predicted octanol–water partition coefficient (Wildman–Crippen LogP) is 2.87. The Balaban J connectivity index is 1.64. The zero-order chi connectivity index (χ0) is 27.7. The zero-order valence-electron chi connectivity index (χ0n) is 21.5. The highest BCUT2D eigenvalue weighted by Gasteiger charge is 2.30. The SMILES string of the molecule is CC(C)(O)C(F)CNC(=O)c1cnc(-c2ccc3cc(C#N)cnn23)cc1NC1CCC(S(C)(=O)=O)CC1. The maximum atomic E-state index is 14.3. The van der Waals surface area contributed by atoms with E-state index in [4.69, 9.17) is 5.26 Å². The first kappa shape index (κ1) is 27.5. The highest BCUT2D eigenvalue weighted by molar-refractivity contribution is 7.91. The van der Waals surface area contributed by atoms with Gasteiger partial charge in [-0.2, -0.15) is 10.4 Å². The van der Waals surface area contributed by atoms with Crippen molar-refractivity contribution in [2.45, 2.75) is 62.6 Å². The van der Waals surface area contributed by atoms with Crippen molar-refractivity contribution in [2.24, 2.45) is 0 Å². The quantitative estimate of drug-likeness (QED) is 0.393. The first-order chi connectivity index (χ1) is 17.9. The number of fused-ring (bicyclic) bond motifs is 1. The summed E-state index contributed by atoms with van der Waals surface area (Å²) in [6, 6.07) is 9.02. The van der Waals surface area contributed by atoms with E-state index < -0.39 is 27.5 Å². The van der Waals surface area contributed by atoms with Gasteiger partial charge in [-0.15, -0.1) is 0 Å². The Morgan fingerprint density at radius 2 is 1.97 bits per heavy atom. The first-order valence-corrected chi connectivity index (χ1v) is 14.3. The number of rotatable bonds is 8. The predicted molar refractivity (Wildman–Crippen MR) is 141 cm³/mol. The number of hydrogen-bond donors (Lipinski definition) is 3. The fraction of sp³-hybridized carbons (Fsp3) is 0.462. The molecule has 4 rings (SSSR count). The third-order valence-electron chi connectivity index (χ3n) is 6.89. The number of carbonyl (C=O) groups is 1. The van der Waals surface area contributed by atoms with Crippen LogP contribution in [0.15, 0.2) is 36.7 Å². The van der Waals surface area contributed by atoms with Crippen LogP contribution in [0, 0.1) is 11.3 Å². The second kappa shape index (κ2) is 10.7. The average Bonchev–Trinajstić information content (AvgIpc) is 3.29. The van der Waals surface area contributed by atoms with Crippen LogP contribution in [-0.4, -0.2) is 69.9 Å². The minimum atomic E-state index is -3.12. The molecule has 1 amide bonds. The fourth-order valence-electron chi connectivity index (χ4n) is 4.53. The molecule has 12 heteroatoms. The van der Waals surface area contributed by atoms with E-state index in [1.807, 2.05) is 12.1 Å². The summed E-state index contributed by atoms with van der Waals surface area (Å²) in [5.41, 5.74) is 1.35. The summed E-state index contributed by atoms with van der Waals surface area (Å²) >= 11 is 0. The van der Waals surface area contributed by atoms with Crippen LogP contribution in [0.1, 0.15) is 55.5 Å². The Morgan fingerprint density at radius 1 is 1.26 bits per heavy atom. The molecular formula is C26H31FN6O4S. The molecule has 202 valence electrons. The van der Waals surface area contributed by atoms with Gasteiger partial charge in [0.1, 0.15) is 22.1 Å². The second-order valence-electron chi connectivity index (χ2n) is 10.3. The summed E-state index contributed by atoms with van der Waals surface area (Å²) in [6.07, 6.45) is 4.67. The lowest BCUT2D eigenvalue weighted by Gasteiger charge is -2.29. The van der Waals surface area contributed by atoms with E-state index in [-0.39, 0.29) is 23.4 Å². The summed E-state index contributed by atoms with van der Waals surface area (Å²) in [5.74, 6) is -0.555. The monoisotopic (exact) mass is 542 g/mol. The molecule has 0 aliphatic heterocycles. The number of alkyl halides is 1. The minimum absolute atomic E-state index is 0.0690. The van der Waals surface area contributed by atoms with Crippen molar-refractivity contribution in [2.75, 3.05) is 18.1 Å². The van der Waals surface area contributed by atoms with Crippen LogP contribution in [0.2, 0.25) is 0 Å². The number of sulfone groups is 1. The molecule has 1 saturated carbocycles. The van der Waals surface area contributed by atoms with E-state index in [9.17, 15) is 22.7 Å². The van der Waals surface area contributed by atoms with Crippen molar-refractivity contribution in [1.82, 2.24) is 19.9 Å². The highest BCUT2D eigenvalue weighted by Crippen LogP contribution is 2.30. The molecule has 38 heavy (non-hydrogen) atoms. The number of halogens is 1. The Kier molecular flexibility index (Phi) is 7.71. The minimum Gasteiger partial charge on any atom is -0.387 e. The summed E-state index contributed by atoms with van der Waals surface area (Å²) in [5, 5.41) is 28.9. The van der Waals surface area contributed by atoms with Crippen molar-refractivity contribution in [3.05, 3.63) is 47.8 Å². The van der Waals surface area contributed by atoms with Crippen LogP contribution in [0.4, 0.5) is 10.1 Å². The Morgan fingerprint density at radius 3 is 2.61 bits per heavy atom. The number of amides is 1. The molecule has 10 nitrogen and oxygen atoms in total. The summed E-state index contributed by atoms with van der Waals surface area (Å²) in [7, 11) is -3.12. The van der Waals surface area contributed by atoms with E-state index in [0.29, 0.717) is 53.8 Å². The van der Waals surface area contributed by atoms with Crippen LogP contribution in [-0.2, 0) is 9.84 Å². The van der Waals surface area contributed by atoms with Crippen LogP contribution in [0.3, 0.4) is 0 Å². The smallest absolute Gasteiger partial charge is 0.255 e. The van der Waals surface area contributed by atoms with Crippen molar-refractivity contribution < 1.29 is 22.7 Å². The van der Waals surface area contributed by atoms with Gasteiger partial charge < -0.3 is 15.7 Å². The molecule has 0 saturated heterocycles. The van der Waals surface area contributed by atoms with E-state index in [1.54, 1.807) is 16.6 Å². The maximum Gasteiger partial charge on any atom is 0.255 e. The van der Waals surface area contributed by atoms with Crippen LogP contribution < -0.4 is 10.6 Å². The molecule has 1 fully saturated rings. The fourth-order valence-corrected chi connectivity index (χ4v) is 5.66. The number of hydrogen-bond acceptors (Lipinski definition) is 8. The lowest BCUT2D eigenvalue weighted by Crippen LogP contribution is -2.42. The van der Waals surface area contributed by atoms with Gasteiger partial charge in [-0.25, -0.2) is 17.3 Å². The number of nitrogens with one attached hydrogen (secondary N) is 2. The average molecular weight is 543 g/mol. The van der Waals surface area contributed by atoms with Gasteiger partial charge in [-0.3, -0.25) is 9.78 Å². The lowest BCUT2D eigenvalue weighted by atomic mass is 9.94. The van der Waals surface area contributed by atoms with Crippen molar-refractivity contribution in [3.8, 4) is 17.5 Å². The van der Waals surface area contributed by atoms with Gasteiger partial charge in [-0.1, -0.05) is 0 Å². The number of pyridine rings is 1. The molecule has 0 spiro atoms. The molecule has 3 aromatic rings. The number of nitriles is 1. The summed E-state index contributed by atoms with van der Waals surface area (Å²) in [6.45, 7) is 2.28. The third-order valence-corrected chi connectivity index (χ3v) is 8.57. The van der Waals surface area contributed by atoms with Crippen LogP contribution in [0.25, 0.3) is 16.9 Å². The number of anilines is 1. The molecule has 1 unspecified atom stereocenters. The normalized spacial score (nSPS) is 19.1. The van der Waals surface area contributed by atoms with Gasteiger partial charge in [-0.05, 0) is 63.8 Å². The van der Waals surface area contributed by atoms with Gasteiger partial charge in [0, 0.05) is 18.5 Å². The molecule has 3 N–H and O–H groups in total. The first-order valence-electron chi connectivity index (χ1n) is 12.3. The van der Waals surface area contributed by atoms with Gasteiger partial charge in [0.2, 0.25) is 0 Å². The summed E-state index contributed by atoms with van der Waals surface area (Å²) in [4.78, 5) is 17.5. The molecule has 0 bridgehead atoms. The zero-order valence-corrected chi connectivity index (χ0v) is 22.3. The van der Waals surface area contributed by atoms with Crippen molar-refractivity contribution in [3.63, 3.8) is 0 Å². The summed E-state index contributed by atoms with van der Waals surface area (Å²) < 4.78 is 39.8. The van der Waals surface area contributed by atoms with Gasteiger partial charge >= 0.3 is 0 Å². The molecule has 1 atom stereocenters. The Bertz CT molecular complexity index is 1480. The van der Waals surface area contributed by atoms with E-state index in [1.165, 1.54) is 32.5 Å². The Hall–Kier alpha value is -3.56. The molecule has 1 aliphatic carbocycles. The van der Waals surface area contributed by atoms with Crippen LogP contribution in [0.5, 0.6) is 0 Å². The molecule has 3 heterocycles. The molecule has 1 aliphatic rings. The van der Waals surface area contributed by atoms with Gasteiger partial charge in [0.05, 0.1) is 57.3 Å². The number of nitrogens with zero attached hydrogens (tertiary/aromatic N) is 4. The largest absolute Gasteiger partial charge is 0.387 e. The standard InChI is InChI=1S/C26H31FN6O4S/c1-26(2,35)24(27)15-30-25(34)20-14-29-22(23-9-6-18-10-16(12-28)13-31-33(18)23)11-21(20)32-17-4-7-19(8-5-17)38(3,36)37/h6,9-11,13-14,17,19,24,35H,4-5,7-8,15H2,1-3H3,(H,29,32)(H,30,34). The third kappa shape index (κ3) is 6.11. The second-order valence-corrected chi connectivity index (χ2v) is 12.6. The molecule has 0 radical (unpaired) electrons. The number of carbonyl (C=O) groups excluding carboxylic acids is 1. The highest BCUT2D eigenvalue weighted by atomic mass is 32.2. The topological polar surface area (TPSA) is 149 Å². The van der Waals surface area contributed by atoms with E-state index >= 15 is 0 Å². The molecular weight excluding hydrogens is 511 g/mol. The van der Waals surface area contributed by atoms with Crippen molar-refractivity contribution in [1.29, 1.82) is 5.26 Å². The Labute approximate surface area is 220 Å². The van der Waals surface area contributed by atoms with Gasteiger partial charge in [0.15, 0.2) is 0 Å².